The SMILES string of the molecule is COC(C)C(C)(O)Cc1c(Cl)c(C)nn1C. The van der Waals surface area contributed by atoms with E-state index in [0.717, 1.165) is 11.4 Å². The van der Waals surface area contributed by atoms with Gasteiger partial charge in [-0.1, -0.05) is 11.6 Å². The van der Waals surface area contributed by atoms with Gasteiger partial charge in [-0.05, 0) is 20.8 Å². The van der Waals surface area contributed by atoms with Gasteiger partial charge in [-0.15, -0.1) is 0 Å². The van der Waals surface area contributed by atoms with Gasteiger partial charge in [0.2, 0.25) is 0 Å². The molecule has 0 bridgehead atoms. The van der Waals surface area contributed by atoms with Gasteiger partial charge in [0, 0.05) is 20.6 Å². The molecule has 5 heteroatoms. The Bertz CT molecular complexity index is 374. The second-order valence-electron chi connectivity index (χ2n) is 4.38. The number of methoxy groups -OCH3 is 1. The van der Waals surface area contributed by atoms with Crippen LogP contribution >= 0.6 is 11.6 Å². The summed E-state index contributed by atoms with van der Waals surface area (Å²) in [6.45, 7) is 5.41. The van der Waals surface area contributed by atoms with Crippen LogP contribution in [0, 0.1) is 6.92 Å². The lowest BCUT2D eigenvalue weighted by Gasteiger charge is -2.29. The van der Waals surface area contributed by atoms with Crippen LogP contribution in [-0.2, 0) is 18.2 Å². The van der Waals surface area contributed by atoms with Crippen LogP contribution in [0.3, 0.4) is 0 Å². The molecule has 0 aliphatic rings. The number of hydrogen-bond donors (Lipinski definition) is 1. The molecule has 0 aromatic carbocycles. The van der Waals surface area contributed by atoms with Gasteiger partial charge < -0.3 is 9.84 Å². The van der Waals surface area contributed by atoms with E-state index in [1.165, 1.54) is 0 Å². The Morgan fingerprint density at radius 3 is 2.56 bits per heavy atom. The molecule has 0 saturated carbocycles. The van der Waals surface area contributed by atoms with E-state index in [4.69, 9.17) is 16.3 Å². The molecular weight excluding hydrogens is 228 g/mol. The van der Waals surface area contributed by atoms with Crippen molar-refractivity contribution in [2.24, 2.45) is 7.05 Å². The van der Waals surface area contributed by atoms with Gasteiger partial charge in [-0.25, -0.2) is 0 Å². The largest absolute Gasteiger partial charge is 0.387 e. The molecule has 2 atom stereocenters. The molecule has 0 aliphatic heterocycles. The lowest BCUT2D eigenvalue weighted by atomic mass is 9.94. The fourth-order valence-corrected chi connectivity index (χ4v) is 1.84. The molecular formula is C11H19ClN2O2. The smallest absolute Gasteiger partial charge is 0.0932 e. The highest BCUT2D eigenvalue weighted by Gasteiger charge is 2.31. The zero-order valence-electron chi connectivity index (χ0n) is 10.4. The Morgan fingerprint density at radius 2 is 2.19 bits per heavy atom. The van der Waals surface area contributed by atoms with Crippen molar-refractivity contribution >= 4 is 11.6 Å². The maximum absolute atomic E-state index is 10.3. The monoisotopic (exact) mass is 246 g/mol. The molecule has 0 saturated heterocycles. The number of rotatable bonds is 4. The van der Waals surface area contributed by atoms with Gasteiger partial charge in [0.15, 0.2) is 0 Å². The van der Waals surface area contributed by atoms with Crippen molar-refractivity contribution in [1.29, 1.82) is 0 Å². The molecule has 0 fully saturated rings. The van der Waals surface area contributed by atoms with E-state index in [1.807, 2.05) is 20.9 Å². The summed E-state index contributed by atoms with van der Waals surface area (Å²) in [7, 11) is 3.40. The summed E-state index contributed by atoms with van der Waals surface area (Å²) in [4.78, 5) is 0. The molecule has 1 heterocycles. The first-order chi connectivity index (χ1) is 7.29. The lowest BCUT2D eigenvalue weighted by molar-refractivity contribution is -0.0724. The van der Waals surface area contributed by atoms with Crippen molar-refractivity contribution in [3.8, 4) is 0 Å². The van der Waals surface area contributed by atoms with E-state index in [2.05, 4.69) is 5.10 Å². The van der Waals surface area contributed by atoms with E-state index in [-0.39, 0.29) is 6.10 Å². The highest BCUT2D eigenvalue weighted by atomic mass is 35.5. The van der Waals surface area contributed by atoms with Crippen LogP contribution in [-0.4, -0.2) is 33.7 Å². The first-order valence-electron chi connectivity index (χ1n) is 5.22. The first-order valence-corrected chi connectivity index (χ1v) is 5.60. The molecule has 16 heavy (non-hydrogen) atoms. The van der Waals surface area contributed by atoms with E-state index < -0.39 is 5.60 Å². The summed E-state index contributed by atoms with van der Waals surface area (Å²) in [6.07, 6.45) is 0.150. The average Bonchev–Trinajstić information content (AvgIpc) is 2.43. The number of aryl methyl sites for hydroxylation is 2. The van der Waals surface area contributed by atoms with E-state index in [9.17, 15) is 5.11 Å². The Morgan fingerprint density at radius 1 is 1.62 bits per heavy atom. The molecule has 1 rings (SSSR count). The second kappa shape index (κ2) is 4.73. The van der Waals surface area contributed by atoms with Crippen LogP contribution in [0.25, 0.3) is 0 Å². The van der Waals surface area contributed by atoms with Crippen molar-refractivity contribution < 1.29 is 9.84 Å². The normalized spacial score (nSPS) is 17.2. The summed E-state index contributed by atoms with van der Waals surface area (Å²) < 4.78 is 6.85. The van der Waals surface area contributed by atoms with E-state index in [0.29, 0.717) is 11.4 Å². The molecule has 0 amide bonds. The second-order valence-corrected chi connectivity index (χ2v) is 4.76. The molecule has 0 radical (unpaired) electrons. The summed E-state index contributed by atoms with van der Waals surface area (Å²) in [5.41, 5.74) is 0.645. The van der Waals surface area contributed by atoms with Gasteiger partial charge in [-0.2, -0.15) is 5.10 Å². The van der Waals surface area contributed by atoms with Crippen molar-refractivity contribution in [3.05, 3.63) is 16.4 Å². The topological polar surface area (TPSA) is 47.3 Å². The quantitative estimate of drug-likeness (QED) is 0.880. The number of hydrogen-bond acceptors (Lipinski definition) is 3. The summed E-state index contributed by atoms with van der Waals surface area (Å²) in [5, 5.41) is 15.1. The molecule has 4 nitrogen and oxygen atoms in total. The third-order valence-electron chi connectivity index (χ3n) is 3.02. The predicted molar refractivity (Wildman–Crippen MR) is 63.8 cm³/mol. The van der Waals surface area contributed by atoms with Gasteiger partial charge in [0.05, 0.1) is 28.1 Å². The Balaban J connectivity index is 2.96. The summed E-state index contributed by atoms with van der Waals surface area (Å²) >= 11 is 6.13. The van der Waals surface area contributed by atoms with Crippen LogP contribution in [0.2, 0.25) is 5.02 Å². The van der Waals surface area contributed by atoms with Crippen molar-refractivity contribution in [2.75, 3.05) is 7.11 Å². The summed E-state index contributed by atoms with van der Waals surface area (Å²) in [6, 6.07) is 0. The zero-order chi connectivity index (χ0) is 12.5. The Labute approximate surface area is 101 Å². The maximum Gasteiger partial charge on any atom is 0.0932 e. The zero-order valence-corrected chi connectivity index (χ0v) is 11.2. The maximum atomic E-state index is 10.3. The fraction of sp³-hybridized carbons (Fsp3) is 0.727. The average molecular weight is 247 g/mol. The van der Waals surface area contributed by atoms with E-state index >= 15 is 0 Å². The number of aromatic nitrogens is 2. The standard InChI is InChI=1S/C11H19ClN2O2/c1-7-10(12)9(14(4)13-7)6-11(3,15)8(2)16-5/h8,15H,6H2,1-5H3. The third-order valence-corrected chi connectivity index (χ3v) is 3.51. The highest BCUT2D eigenvalue weighted by Crippen LogP contribution is 2.26. The molecule has 1 aromatic heterocycles. The predicted octanol–water partition coefficient (Wildman–Crippen LogP) is 1.71. The minimum Gasteiger partial charge on any atom is -0.387 e. The molecule has 1 N–H and O–H groups in total. The fourth-order valence-electron chi connectivity index (χ4n) is 1.61. The van der Waals surface area contributed by atoms with Crippen LogP contribution in [0.5, 0.6) is 0 Å². The molecule has 1 aromatic rings. The molecule has 0 aliphatic carbocycles. The van der Waals surface area contributed by atoms with Gasteiger partial charge in [-0.3, -0.25) is 4.68 Å². The van der Waals surface area contributed by atoms with E-state index in [1.54, 1.807) is 18.7 Å². The molecule has 0 spiro atoms. The number of ether oxygens (including phenoxy) is 1. The van der Waals surface area contributed by atoms with Crippen LogP contribution < -0.4 is 0 Å². The van der Waals surface area contributed by atoms with Crippen LogP contribution in [0.15, 0.2) is 0 Å². The van der Waals surface area contributed by atoms with Gasteiger partial charge in [0.25, 0.3) is 0 Å². The van der Waals surface area contributed by atoms with Crippen LogP contribution in [0.4, 0.5) is 0 Å². The van der Waals surface area contributed by atoms with Crippen molar-refractivity contribution in [3.63, 3.8) is 0 Å². The highest BCUT2D eigenvalue weighted by molar-refractivity contribution is 6.31. The van der Waals surface area contributed by atoms with Crippen molar-refractivity contribution in [1.82, 2.24) is 9.78 Å². The number of aliphatic hydroxyl groups is 1. The Hall–Kier alpha value is -0.580. The minimum absolute atomic E-state index is 0.265. The Kier molecular flexibility index (Phi) is 3.99. The van der Waals surface area contributed by atoms with Crippen LogP contribution in [0.1, 0.15) is 25.2 Å². The summed E-state index contributed by atoms with van der Waals surface area (Å²) in [5.74, 6) is 0. The van der Waals surface area contributed by atoms with Gasteiger partial charge in [0.1, 0.15) is 0 Å². The molecule has 2 unspecified atom stereocenters. The van der Waals surface area contributed by atoms with Gasteiger partial charge >= 0.3 is 0 Å². The molecule has 92 valence electrons. The number of nitrogens with zero attached hydrogens (tertiary/aromatic N) is 2. The minimum atomic E-state index is -0.960. The first kappa shape index (κ1) is 13.5. The number of halogens is 1. The third kappa shape index (κ3) is 2.56. The van der Waals surface area contributed by atoms with Crippen molar-refractivity contribution in [2.45, 2.75) is 38.9 Å². The lowest BCUT2D eigenvalue weighted by Crippen LogP contribution is -2.41.